The van der Waals surface area contributed by atoms with Crippen molar-refractivity contribution in [2.75, 3.05) is 19.7 Å². The van der Waals surface area contributed by atoms with E-state index in [9.17, 15) is 29.6 Å². The molecule has 31 heavy (non-hydrogen) atoms. The highest BCUT2D eigenvalue weighted by atomic mass is 32.1. The molecule has 0 aliphatic heterocycles. The summed E-state index contributed by atoms with van der Waals surface area (Å²) >= 11 is 0.958. The van der Waals surface area contributed by atoms with Crippen molar-refractivity contribution in [1.29, 1.82) is 0 Å². The molecule has 2 rings (SSSR count). The molecule has 1 aromatic heterocycles. The van der Waals surface area contributed by atoms with Crippen LogP contribution in [0.1, 0.15) is 26.3 Å². The molecule has 0 radical (unpaired) electrons. The number of aromatic hydroxyl groups is 1. The maximum atomic E-state index is 13.0. The average molecular weight is 449 g/mol. The fraction of sp³-hybridized carbons (Fsp3) is 0.350. The molecule has 1 heterocycles. The van der Waals surface area contributed by atoms with Crippen molar-refractivity contribution in [3.63, 3.8) is 0 Å². The second-order valence-electron chi connectivity index (χ2n) is 6.31. The molecule has 0 unspecified atom stereocenters. The first kappa shape index (κ1) is 23.8. The van der Waals surface area contributed by atoms with Gasteiger partial charge in [0.15, 0.2) is 5.75 Å². The highest BCUT2D eigenvalue weighted by Crippen LogP contribution is 2.26. The molecule has 2 aromatic rings. The molecule has 1 amide bonds. The Morgan fingerprint density at radius 1 is 1.29 bits per heavy atom. The first-order chi connectivity index (χ1) is 14.7. The number of ether oxygens (including phenoxy) is 1. The molecule has 1 N–H and O–H groups in total. The van der Waals surface area contributed by atoms with Crippen LogP contribution in [0.3, 0.4) is 0 Å². The maximum absolute atomic E-state index is 13.0. The van der Waals surface area contributed by atoms with Gasteiger partial charge in [0.2, 0.25) is 5.91 Å². The van der Waals surface area contributed by atoms with Crippen molar-refractivity contribution in [1.82, 2.24) is 9.47 Å². The van der Waals surface area contributed by atoms with E-state index in [1.165, 1.54) is 16.7 Å². The van der Waals surface area contributed by atoms with Gasteiger partial charge in [0.1, 0.15) is 11.2 Å². The van der Waals surface area contributed by atoms with E-state index in [1.807, 2.05) is 13.8 Å². The molecule has 0 aliphatic carbocycles. The number of phenols is 1. The summed E-state index contributed by atoms with van der Waals surface area (Å²) in [6.45, 7) is 6.13. The van der Waals surface area contributed by atoms with Crippen molar-refractivity contribution in [3.8, 4) is 5.75 Å². The Morgan fingerprint density at radius 3 is 2.55 bits per heavy atom. The minimum Gasteiger partial charge on any atom is -0.502 e. The summed E-state index contributed by atoms with van der Waals surface area (Å²) in [5.74, 6) is -1.43. The summed E-state index contributed by atoms with van der Waals surface area (Å²) in [4.78, 5) is 49.3. The number of thiazole rings is 1. The zero-order chi connectivity index (χ0) is 23.1. The smallest absolute Gasteiger partial charge is 0.333 e. The van der Waals surface area contributed by atoms with Crippen LogP contribution in [0.2, 0.25) is 0 Å². The lowest BCUT2D eigenvalue weighted by Gasteiger charge is -2.18. The van der Waals surface area contributed by atoms with Crippen molar-refractivity contribution in [2.24, 2.45) is 0 Å². The van der Waals surface area contributed by atoms with Gasteiger partial charge in [-0.05, 0) is 38.5 Å². The van der Waals surface area contributed by atoms with E-state index in [1.54, 1.807) is 11.8 Å². The van der Waals surface area contributed by atoms with Crippen LogP contribution in [-0.2, 0) is 20.9 Å². The lowest BCUT2D eigenvalue weighted by molar-refractivity contribution is -0.385. The zero-order valence-corrected chi connectivity index (χ0v) is 18.2. The summed E-state index contributed by atoms with van der Waals surface area (Å²) in [5.41, 5.74) is -0.704. The predicted molar refractivity (Wildman–Crippen MR) is 115 cm³/mol. The zero-order valence-electron chi connectivity index (χ0n) is 17.4. The van der Waals surface area contributed by atoms with Crippen molar-refractivity contribution < 1.29 is 24.4 Å². The van der Waals surface area contributed by atoms with Crippen molar-refractivity contribution in [2.45, 2.75) is 27.3 Å². The lowest BCUT2D eigenvalue weighted by atomic mass is 10.2. The SMILES string of the molecule is CCOC(=O)/C=c1\s/c(=C\c2ccc(O)c([N+](=O)[O-])c2)c(=O)n1CC(=O)N(CC)CC. The monoisotopic (exact) mass is 449 g/mol. The van der Waals surface area contributed by atoms with Crippen LogP contribution in [0.25, 0.3) is 12.2 Å². The molecule has 0 saturated heterocycles. The van der Waals surface area contributed by atoms with Crippen molar-refractivity contribution >= 4 is 41.1 Å². The number of hydrogen-bond donors (Lipinski definition) is 1. The maximum Gasteiger partial charge on any atom is 0.333 e. The highest BCUT2D eigenvalue weighted by molar-refractivity contribution is 7.07. The van der Waals surface area contributed by atoms with Gasteiger partial charge in [-0.3, -0.25) is 24.3 Å². The van der Waals surface area contributed by atoms with Gasteiger partial charge in [0.25, 0.3) is 5.56 Å². The van der Waals surface area contributed by atoms with Crippen LogP contribution in [-0.4, -0.2) is 51.1 Å². The number of carbonyl (C=O) groups excluding carboxylic acids is 2. The Kier molecular flexibility index (Phi) is 8.08. The van der Waals surface area contributed by atoms with Gasteiger partial charge >= 0.3 is 11.7 Å². The highest BCUT2D eigenvalue weighted by Gasteiger charge is 2.16. The number of rotatable bonds is 8. The number of nitro benzene ring substituents is 1. The quantitative estimate of drug-likeness (QED) is 0.354. The van der Waals surface area contributed by atoms with Crippen LogP contribution >= 0.6 is 11.3 Å². The van der Waals surface area contributed by atoms with E-state index in [4.69, 9.17) is 4.74 Å². The normalized spacial score (nSPS) is 12.1. The molecule has 11 heteroatoms. The predicted octanol–water partition coefficient (Wildman–Crippen LogP) is 0.564. The number of carbonyl (C=O) groups is 2. The summed E-state index contributed by atoms with van der Waals surface area (Å²) in [7, 11) is 0. The second-order valence-corrected chi connectivity index (χ2v) is 7.37. The number of amides is 1. The Bertz CT molecular complexity index is 1160. The molecule has 0 bridgehead atoms. The second kappa shape index (κ2) is 10.5. The van der Waals surface area contributed by atoms with Crippen LogP contribution < -0.4 is 14.8 Å². The minimum atomic E-state index is -0.734. The van der Waals surface area contributed by atoms with Crippen LogP contribution in [0, 0.1) is 10.1 Å². The van der Waals surface area contributed by atoms with Gasteiger partial charge < -0.3 is 14.7 Å². The third-order valence-corrected chi connectivity index (χ3v) is 5.43. The van der Waals surface area contributed by atoms with Gasteiger partial charge in [0, 0.05) is 19.2 Å². The summed E-state index contributed by atoms with van der Waals surface area (Å²) in [5, 5.41) is 20.7. The molecule has 0 saturated carbocycles. The van der Waals surface area contributed by atoms with Crippen molar-refractivity contribution in [3.05, 3.63) is 53.4 Å². The van der Waals surface area contributed by atoms with E-state index in [-0.39, 0.29) is 28.3 Å². The first-order valence-corrected chi connectivity index (χ1v) is 10.4. The fourth-order valence-corrected chi connectivity index (χ4v) is 3.85. The summed E-state index contributed by atoms with van der Waals surface area (Å²) in [6.07, 6.45) is 2.54. The largest absolute Gasteiger partial charge is 0.502 e. The van der Waals surface area contributed by atoms with Crippen LogP contribution in [0.5, 0.6) is 5.75 Å². The first-order valence-electron chi connectivity index (χ1n) is 9.56. The molecule has 0 fully saturated rings. The van der Waals surface area contributed by atoms with Crippen LogP contribution in [0.4, 0.5) is 5.69 Å². The third-order valence-electron chi connectivity index (χ3n) is 4.37. The Morgan fingerprint density at radius 2 is 1.97 bits per heavy atom. The fourth-order valence-electron chi connectivity index (χ4n) is 2.82. The van der Waals surface area contributed by atoms with E-state index >= 15 is 0 Å². The van der Waals surface area contributed by atoms with Gasteiger partial charge in [-0.15, -0.1) is 11.3 Å². The van der Waals surface area contributed by atoms with Gasteiger partial charge in [-0.2, -0.15) is 0 Å². The third kappa shape index (κ3) is 5.79. The van der Waals surface area contributed by atoms with Gasteiger partial charge in [0.05, 0.1) is 22.1 Å². The standard InChI is InChI=1S/C20H23N3O7S/c1-4-21(5-2)17(25)12-22-18(11-19(26)30-6-3)31-16(20(22)27)10-13-7-8-15(24)14(9-13)23(28)29/h7-11,24H,4-6,12H2,1-3H3/b16-10-,18-11-. The van der Waals surface area contributed by atoms with Gasteiger partial charge in [-0.1, -0.05) is 6.07 Å². The van der Waals surface area contributed by atoms with E-state index in [0.717, 1.165) is 29.5 Å². The number of esters is 1. The number of aromatic nitrogens is 1. The molecule has 0 aliphatic rings. The molecule has 0 spiro atoms. The number of phenolic OH excluding ortho intramolecular Hbond substituents is 1. The Balaban J connectivity index is 2.64. The summed E-state index contributed by atoms with van der Waals surface area (Å²) in [6, 6.07) is 3.71. The minimum absolute atomic E-state index is 0.152. The number of hydrogen-bond acceptors (Lipinski definition) is 8. The number of likely N-dealkylation sites (N-methyl/N-ethyl adjacent to an activating group) is 1. The van der Waals surface area contributed by atoms with E-state index in [0.29, 0.717) is 18.7 Å². The lowest BCUT2D eigenvalue weighted by Crippen LogP contribution is -2.40. The number of benzene rings is 1. The van der Waals surface area contributed by atoms with E-state index < -0.39 is 27.9 Å². The Hall–Kier alpha value is -3.47. The molecule has 166 valence electrons. The number of nitro groups is 1. The average Bonchev–Trinajstić information content (AvgIpc) is 2.99. The summed E-state index contributed by atoms with van der Waals surface area (Å²) < 4.78 is 6.48. The van der Waals surface area contributed by atoms with Gasteiger partial charge in [-0.25, -0.2) is 4.79 Å². The topological polar surface area (TPSA) is 132 Å². The number of nitrogens with zero attached hydrogens (tertiary/aromatic N) is 3. The Labute approximate surface area is 181 Å². The molecular weight excluding hydrogens is 426 g/mol. The molecule has 0 atom stereocenters. The molecular formula is C20H23N3O7S. The van der Waals surface area contributed by atoms with E-state index in [2.05, 4.69) is 0 Å². The van der Waals surface area contributed by atoms with Crippen LogP contribution in [0.15, 0.2) is 23.0 Å². The molecule has 1 aromatic carbocycles. The molecule has 10 nitrogen and oxygen atoms in total.